The van der Waals surface area contributed by atoms with Crippen LogP contribution >= 0.6 is 0 Å². The third-order valence-electron chi connectivity index (χ3n) is 4.70. The lowest BCUT2D eigenvalue weighted by molar-refractivity contribution is -0.165. The minimum absolute atomic E-state index is 0.242. The molecule has 1 aliphatic rings. The average molecular weight is 322 g/mol. The first-order chi connectivity index (χ1) is 10.8. The van der Waals surface area contributed by atoms with Gasteiger partial charge in [-0.3, -0.25) is 0 Å². The molecule has 1 aromatic rings. The molecule has 0 bridgehead atoms. The largest absolute Gasteiger partial charge is 0.456 e. The molecule has 23 heavy (non-hydrogen) atoms. The minimum atomic E-state index is -0.930. The van der Waals surface area contributed by atoms with Crippen molar-refractivity contribution in [3.05, 3.63) is 41.5 Å². The quantitative estimate of drug-likeness (QED) is 0.567. The number of halogens is 2. The van der Waals surface area contributed by atoms with Gasteiger partial charge in [0.05, 0.1) is 0 Å². The third kappa shape index (κ3) is 4.40. The molecule has 1 fully saturated rings. The second-order valence-electron chi connectivity index (χ2n) is 6.85. The van der Waals surface area contributed by atoms with Crippen LogP contribution in [0.25, 0.3) is 6.08 Å². The van der Waals surface area contributed by atoms with Crippen LogP contribution in [0.1, 0.15) is 52.0 Å². The molecule has 2 atom stereocenters. The number of hydrogen-bond donors (Lipinski definition) is 0. The minimum Gasteiger partial charge on any atom is -0.456 e. The zero-order chi connectivity index (χ0) is 17.0. The molecule has 2 nitrogen and oxygen atoms in total. The van der Waals surface area contributed by atoms with E-state index in [0.717, 1.165) is 37.8 Å². The Balaban J connectivity index is 2.07. The van der Waals surface area contributed by atoms with Crippen molar-refractivity contribution in [1.29, 1.82) is 0 Å². The first kappa shape index (κ1) is 17.6. The Morgan fingerprint density at radius 3 is 2.70 bits per heavy atom. The lowest BCUT2D eigenvalue weighted by atomic mass is 9.73. The molecule has 1 aliphatic carbocycles. The monoisotopic (exact) mass is 322 g/mol. The summed E-state index contributed by atoms with van der Waals surface area (Å²) in [6.07, 6.45) is 6.70. The summed E-state index contributed by atoms with van der Waals surface area (Å²) < 4.78 is 31.8. The van der Waals surface area contributed by atoms with Gasteiger partial charge in [0.1, 0.15) is 5.60 Å². The van der Waals surface area contributed by atoms with Crippen LogP contribution in [0.3, 0.4) is 0 Å². The summed E-state index contributed by atoms with van der Waals surface area (Å²) in [5.74, 6) is -1.49. The van der Waals surface area contributed by atoms with Crippen molar-refractivity contribution < 1.29 is 18.3 Å². The third-order valence-corrected chi connectivity index (χ3v) is 4.70. The first-order valence-electron chi connectivity index (χ1n) is 8.18. The smallest absolute Gasteiger partial charge is 0.331 e. The molecule has 126 valence electrons. The van der Waals surface area contributed by atoms with Gasteiger partial charge in [0.15, 0.2) is 11.6 Å². The van der Waals surface area contributed by atoms with Crippen LogP contribution in [-0.4, -0.2) is 11.6 Å². The number of ether oxygens (including phenoxy) is 1. The molecule has 0 aromatic heterocycles. The van der Waals surface area contributed by atoms with Crippen LogP contribution in [0.5, 0.6) is 0 Å². The fourth-order valence-corrected chi connectivity index (χ4v) is 3.29. The summed E-state index contributed by atoms with van der Waals surface area (Å²) >= 11 is 0. The summed E-state index contributed by atoms with van der Waals surface area (Å²) in [5, 5.41) is 0. The van der Waals surface area contributed by atoms with Crippen LogP contribution < -0.4 is 0 Å². The second-order valence-corrected chi connectivity index (χ2v) is 6.85. The molecule has 2 rings (SSSR count). The standard InChI is InChI=1S/C19H24F2O2/c1-13(2)19(10-4-5-14(3)12-19)23-18(22)9-7-15-6-8-16(20)17(21)11-15/h6-9,11,13-14H,4-5,10,12H2,1-3H3. The van der Waals surface area contributed by atoms with E-state index in [1.54, 1.807) is 0 Å². The molecular weight excluding hydrogens is 298 g/mol. The van der Waals surface area contributed by atoms with Crippen molar-refractivity contribution >= 4 is 12.0 Å². The number of carbonyl (C=O) groups excluding carboxylic acids is 1. The molecule has 0 heterocycles. The van der Waals surface area contributed by atoms with E-state index in [0.29, 0.717) is 11.5 Å². The van der Waals surface area contributed by atoms with Crippen molar-refractivity contribution in [3.8, 4) is 0 Å². The Morgan fingerprint density at radius 1 is 1.35 bits per heavy atom. The maximum Gasteiger partial charge on any atom is 0.331 e. The maximum absolute atomic E-state index is 13.2. The number of rotatable bonds is 4. The van der Waals surface area contributed by atoms with Crippen molar-refractivity contribution in [3.63, 3.8) is 0 Å². The van der Waals surface area contributed by atoms with Gasteiger partial charge < -0.3 is 4.74 Å². The first-order valence-corrected chi connectivity index (χ1v) is 8.18. The summed E-state index contributed by atoms with van der Waals surface area (Å²) in [6, 6.07) is 3.52. The predicted octanol–water partition coefficient (Wildman–Crippen LogP) is 5.13. The number of esters is 1. The van der Waals surface area contributed by atoms with Crippen molar-refractivity contribution in [2.75, 3.05) is 0 Å². The molecule has 1 aromatic carbocycles. The van der Waals surface area contributed by atoms with E-state index in [-0.39, 0.29) is 5.92 Å². The lowest BCUT2D eigenvalue weighted by Gasteiger charge is -2.42. The molecular formula is C19H24F2O2. The number of benzene rings is 1. The maximum atomic E-state index is 13.2. The van der Waals surface area contributed by atoms with Crippen molar-refractivity contribution in [2.24, 2.45) is 11.8 Å². The molecule has 0 amide bonds. The summed E-state index contributed by atoms with van der Waals surface area (Å²) in [5.41, 5.74) is 0.00380. The fraction of sp³-hybridized carbons (Fsp3) is 0.526. The fourth-order valence-electron chi connectivity index (χ4n) is 3.29. The van der Waals surface area contributed by atoms with Crippen LogP contribution in [0.15, 0.2) is 24.3 Å². The van der Waals surface area contributed by atoms with Crippen LogP contribution in [-0.2, 0) is 9.53 Å². The lowest BCUT2D eigenvalue weighted by Crippen LogP contribution is -2.44. The summed E-state index contributed by atoms with van der Waals surface area (Å²) in [6.45, 7) is 6.33. The van der Waals surface area contributed by atoms with E-state index in [9.17, 15) is 13.6 Å². The van der Waals surface area contributed by atoms with Gasteiger partial charge in [-0.15, -0.1) is 0 Å². The van der Waals surface area contributed by atoms with Gasteiger partial charge in [-0.2, -0.15) is 0 Å². The van der Waals surface area contributed by atoms with Crippen LogP contribution in [0, 0.1) is 23.5 Å². The van der Waals surface area contributed by atoms with Crippen molar-refractivity contribution in [1.82, 2.24) is 0 Å². The number of hydrogen-bond acceptors (Lipinski definition) is 2. The van der Waals surface area contributed by atoms with Gasteiger partial charge in [0.2, 0.25) is 0 Å². The summed E-state index contributed by atoms with van der Waals surface area (Å²) in [4.78, 5) is 12.2. The second kappa shape index (κ2) is 7.24. The SMILES string of the molecule is CC1CCCC(OC(=O)C=Cc2ccc(F)c(F)c2)(C(C)C)C1. The van der Waals surface area contributed by atoms with Crippen LogP contribution in [0.4, 0.5) is 8.78 Å². The molecule has 0 N–H and O–H groups in total. The topological polar surface area (TPSA) is 26.3 Å². The highest BCUT2D eigenvalue weighted by molar-refractivity contribution is 5.87. The highest BCUT2D eigenvalue weighted by atomic mass is 19.2. The molecule has 4 heteroatoms. The average Bonchev–Trinajstić information content (AvgIpc) is 2.48. The zero-order valence-corrected chi connectivity index (χ0v) is 13.9. The van der Waals surface area contributed by atoms with E-state index < -0.39 is 23.2 Å². The Labute approximate surface area is 136 Å². The molecule has 0 aliphatic heterocycles. The molecule has 0 spiro atoms. The Morgan fingerprint density at radius 2 is 2.09 bits per heavy atom. The predicted molar refractivity (Wildman–Crippen MR) is 86.7 cm³/mol. The molecule has 0 saturated heterocycles. The van der Waals surface area contributed by atoms with E-state index in [2.05, 4.69) is 20.8 Å². The Bertz CT molecular complexity index is 595. The molecule has 2 unspecified atom stereocenters. The van der Waals surface area contributed by atoms with E-state index in [1.807, 2.05) is 0 Å². The zero-order valence-electron chi connectivity index (χ0n) is 13.9. The number of carbonyl (C=O) groups is 1. The van der Waals surface area contributed by atoms with E-state index >= 15 is 0 Å². The van der Waals surface area contributed by atoms with Gasteiger partial charge in [0, 0.05) is 6.08 Å². The Kier molecular flexibility index (Phi) is 5.55. The van der Waals surface area contributed by atoms with Gasteiger partial charge >= 0.3 is 5.97 Å². The van der Waals surface area contributed by atoms with Crippen LogP contribution in [0.2, 0.25) is 0 Å². The Hall–Kier alpha value is -1.71. The van der Waals surface area contributed by atoms with E-state index in [1.165, 1.54) is 18.2 Å². The summed E-state index contributed by atoms with van der Waals surface area (Å²) in [7, 11) is 0. The van der Waals surface area contributed by atoms with E-state index in [4.69, 9.17) is 4.74 Å². The molecule has 0 radical (unpaired) electrons. The molecule has 1 saturated carbocycles. The van der Waals surface area contributed by atoms with Gasteiger partial charge in [-0.1, -0.05) is 33.3 Å². The normalized spacial score (nSPS) is 25.0. The highest BCUT2D eigenvalue weighted by Crippen LogP contribution is 2.40. The van der Waals surface area contributed by atoms with Crippen molar-refractivity contribution in [2.45, 2.75) is 52.1 Å². The van der Waals surface area contributed by atoms with Gasteiger partial charge in [-0.05, 0) is 54.9 Å². The van der Waals surface area contributed by atoms with Gasteiger partial charge in [0.25, 0.3) is 0 Å². The van der Waals surface area contributed by atoms with Gasteiger partial charge in [-0.25, -0.2) is 13.6 Å². The highest BCUT2D eigenvalue weighted by Gasteiger charge is 2.40.